The zero-order valence-corrected chi connectivity index (χ0v) is 13.0. The number of likely N-dealkylation sites (N-methyl/N-ethyl adjacent to an activating group) is 1. The minimum Gasteiger partial charge on any atom is -0.340 e. The van der Waals surface area contributed by atoms with E-state index in [4.69, 9.17) is 0 Å². The third kappa shape index (κ3) is 2.49. The van der Waals surface area contributed by atoms with E-state index in [1.807, 2.05) is 0 Å². The average Bonchev–Trinajstić information content (AvgIpc) is 2.53. The highest BCUT2D eigenvalue weighted by Gasteiger charge is 2.46. The molecule has 8 heteroatoms. The molecule has 0 radical (unpaired) electrons. The van der Waals surface area contributed by atoms with Gasteiger partial charge in [-0.05, 0) is 13.0 Å². The van der Waals surface area contributed by atoms with Crippen LogP contribution in [0.5, 0.6) is 0 Å². The number of hydrogen-bond acceptors (Lipinski definition) is 4. The van der Waals surface area contributed by atoms with Gasteiger partial charge in [0, 0.05) is 32.3 Å². The van der Waals surface area contributed by atoms with Crippen LogP contribution < -0.4 is 5.56 Å². The molecular formula is C15H18N4O4. The Kier molecular flexibility index (Phi) is 3.67. The van der Waals surface area contributed by atoms with Crippen LogP contribution in [0.4, 0.5) is 0 Å². The molecule has 2 saturated heterocycles. The van der Waals surface area contributed by atoms with Crippen molar-refractivity contribution in [2.24, 2.45) is 0 Å². The first-order chi connectivity index (χ1) is 10.9. The van der Waals surface area contributed by atoms with E-state index >= 15 is 0 Å². The average molecular weight is 318 g/mol. The van der Waals surface area contributed by atoms with Crippen molar-refractivity contribution in [3.05, 3.63) is 34.2 Å². The number of rotatable bonds is 1. The number of aromatic nitrogens is 1. The van der Waals surface area contributed by atoms with Crippen LogP contribution in [0.3, 0.4) is 0 Å². The van der Waals surface area contributed by atoms with Crippen LogP contribution >= 0.6 is 0 Å². The lowest BCUT2D eigenvalue weighted by molar-refractivity contribution is -0.164. The van der Waals surface area contributed by atoms with Gasteiger partial charge in [-0.15, -0.1) is 0 Å². The predicted molar refractivity (Wildman–Crippen MR) is 80.4 cm³/mol. The fourth-order valence-corrected chi connectivity index (χ4v) is 3.19. The van der Waals surface area contributed by atoms with Crippen molar-refractivity contribution in [3.8, 4) is 0 Å². The number of carbonyl (C=O) groups excluding carboxylic acids is 3. The number of nitrogens with one attached hydrogen (secondary N) is 1. The van der Waals surface area contributed by atoms with Crippen LogP contribution in [-0.2, 0) is 9.59 Å². The number of aromatic amines is 1. The molecule has 0 aromatic carbocycles. The van der Waals surface area contributed by atoms with Crippen LogP contribution in [-0.4, -0.2) is 69.8 Å². The maximum Gasteiger partial charge on any atom is 0.257 e. The molecule has 1 aromatic heterocycles. The van der Waals surface area contributed by atoms with E-state index in [1.165, 1.54) is 28.1 Å². The van der Waals surface area contributed by atoms with E-state index in [0.717, 1.165) is 0 Å². The minimum atomic E-state index is -0.586. The maximum atomic E-state index is 12.7. The standard InChI is InChI=1S/C15H18N4O4/c1-9-14(22)17(2)8-12-18(6-5-13(21)19(9)12)15(23)10-3-4-11(20)16-7-10/h3-4,7,9,12H,5-6,8H2,1-2H3,(H,16,20)/t9-,12?/m0/s1. The number of H-pyrrole nitrogens is 1. The third-order valence-corrected chi connectivity index (χ3v) is 4.42. The lowest BCUT2D eigenvalue weighted by atomic mass is 10.0. The second-order valence-electron chi connectivity index (χ2n) is 5.87. The van der Waals surface area contributed by atoms with Gasteiger partial charge in [0.15, 0.2) is 0 Å². The van der Waals surface area contributed by atoms with Crippen LogP contribution in [0.15, 0.2) is 23.1 Å². The quantitative estimate of drug-likeness (QED) is 0.736. The number of carbonyl (C=O) groups is 3. The molecule has 1 N–H and O–H groups in total. The van der Waals surface area contributed by atoms with Gasteiger partial charge in [0.1, 0.15) is 12.2 Å². The summed E-state index contributed by atoms with van der Waals surface area (Å²) in [6, 6.07) is 2.17. The summed E-state index contributed by atoms with van der Waals surface area (Å²) in [7, 11) is 1.66. The molecule has 3 rings (SSSR count). The van der Waals surface area contributed by atoms with Crippen LogP contribution in [0, 0.1) is 0 Å². The Bertz CT molecular complexity index is 708. The number of fused-ring (bicyclic) bond motifs is 1. The first kappa shape index (κ1) is 15.3. The molecule has 1 aromatic rings. The highest BCUT2D eigenvalue weighted by atomic mass is 16.2. The van der Waals surface area contributed by atoms with Gasteiger partial charge >= 0.3 is 0 Å². The summed E-state index contributed by atoms with van der Waals surface area (Å²) < 4.78 is 0. The van der Waals surface area contributed by atoms with Gasteiger partial charge in [0.05, 0.1) is 12.1 Å². The van der Waals surface area contributed by atoms with Crippen molar-refractivity contribution >= 4 is 17.7 Å². The summed E-state index contributed by atoms with van der Waals surface area (Å²) in [5, 5.41) is 0. The third-order valence-electron chi connectivity index (χ3n) is 4.42. The van der Waals surface area contributed by atoms with E-state index in [0.29, 0.717) is 12.1 Å². The first-order valence-corrected chi connectivity index (χ1v) is 7.46. The lowest BCUT2D eigenvalue weighted by Gasteiger charge is -2.50. The second kappa shape index (κ2) is 5.53. The Labute approximate surface area is 132 Å². The van der Waals surface area contributed by atoms with Crippen LogP contribution in [0.2, 0.25) is 0 Å². The van der Waals surface area contributed by atoms with Crippen molar-refractivity contribution in [1.29, 1.82) is 0 Å². The Balaban J connectivity index is 1.92. The molecule has 2 aliphatic heterocycles. The van der Waals surface area contributed by atoms with Crippen molar-refractivity contribution in [3.63, 3.8) is 0 Å². The predicted octanol–water partition coefficient (Wildman–Crippen LogP) is -0.764. The molecule has 3 heterocycles. The first-order valence-electron chi connectivity index (χ1n) is 7.46. The van der Waals surface area contributed by atoms with E-state index in [-0.39, 0.29) is 36.2 Å². The molecule has 0 saturated carbocycles. The monoisotopic (exact) mass is 318 g/mol. The van der Waals surface area contributed by atoms with Crippen LogP contribution in [0.1, 0.15) is 23.7 Å². The SMILES string of the molecule is C[C@H]1C(=O)N(C)CC2N(C(=O)c3ccc(=O)[nH]c3)CCC(=O)N21. The Morgan fingerprint density at radius 3 is 2.65 bits per heavy atom. The molecule has 1 unspecified atom stereocenters. The van der Waals surface area contributed by atoms with Crippen molar-refractivity contribution in [2.75, 3.05) is 20.1 Å². The van der Waals surface area contributed by atoms with Crippen molar-refractivity contribution in [2.45, 2.75) is 25.6 Å². The normalized spacial score (nSPS) is 24.7. The Hall–Kier alpha value is -2.64. The van der Waals surface area contributed by atoms with E-state index < -0.39 is 12.2 Å². The fraction of sp³-hybridized carbons (Fsp3) is 0.467. The van der Waals surface area contributed by atoms with Gasteiger partial charge in [0.25, 0.3) is 5.91 Å². The van der Waals surface area contributed by atoms with E-state index in [9.17, 15) is 19.2 Å². The lowest BCUT2D eigenvalue weighted by Crippen LogP contribution is -2.70. The molecular weight excluding hydrogens is 300 g/mol. The van der Waals surface area contributed by atoms with Gasteiger partial charge in [0.2, 0.25) is 17.4 Å². The second-order valence-corrected chi connectivity index (χ2v) is 5.87. The van der Waals surface area contributed by atoms with Gasteiger partial charge in [-0.1, -0.05) is 0 Å². The molecule has 0 spiro atoms. The summed E-state index contributed by atoms with van der Waals surface area (Å²) in [5.74, 6) is -0.513. The Morgan fingerprint density at radius 1 is 1.26 bits per heavy atom. The molecule has 2 fully saturated rings. The smallest absolute Gasteiger partial charge is 0.257 e. The highest BCUT2D eigenvalue weighted by Crippen LogP contribution is 2.25. The molecule has 0 aliphatic carbocycles. The summed E-state index contributed by atoms with van der Waals surface area (Å²) >= 11 is 0. The summed E-state index contributed by atoms with van der Waals surface area (Å²) in [4.78, 5) is 55.3. The summed E-state index contributed by atoms with van der Waals surface area (Å²) in [6.45, 7) is 2.26. The molecule has 0 bridgehead atoms. The van der Waals surface area contributed by atoms with Gasteiger partial charge < -0.3 is 19.7 Å². The number of amides is 3. The summed E-state index contributed by atoms with van der Waals surface area (Å²) in [5.41, 5.74) is 0.0692. The minimum absolute atomic E-state index is 0.116. The molecule has 2 atom stereocenters. The molecule has 8 nitrogen and oxygen atoms in total. The molecule has 122 valence electrons. The topological polar surface area (TPSA) is 93.8 Å². The number of pyridine rings is 1. The van der Waals surface area contributed by atoms with Crippen molar-refractivity contribution in [1.82, 2.24) is 19.7 Å². The van der Waals surface area contributed by atoms with Crippen molar-refractivity contribution < 1.29 is 14.4 Å². The van der Waals surface area contributed by atoms with E-state index in [2.05, 4.69) is 4.98 Å². The van der Waals surface area contributed by atoms with Crippen LogP contribution in [0.25, 0.3) is 0 Å². The number of piperazine rings is 1. The number of hydrogen-bond donors (Lipinski definition) is 1. The van der Waals surface area contributed by atoms with Gasteiger partial charge in [-0.3, -0.25) is 19.2 Å². The van der Waals surface area contributed by atoms with E-state index in [1.54, 1.807) is 18.9 Å². The maximum absolute atomic E-state index is 12.7. The zero-order valence-electron chi connectivity index (χ0n) is 13.0. The summed E-state index contributed by atoms with van der Waals surface area (Å²) in [6.07, 6.45) is 1.08. The molecule has 23 heavy (non-hydrogen) atoms. The number of nitrogens with zero attached hydrogens (tertiary/aromatic N) is 3. The molecule has 2 aliphatic rings. The molecule has 3 amide bonds. The fourth-order valence-electron chi connectivity index (χ4n) is 3.19. The van der Waals surface area contributed by atoms with Gasteiger partial charge in [-0.25, -0.2) is 0 Å². The van der Waals surface area contributed by atoms with Gasteiger partial charge in [-0.2, -0.15) is 0 Å². The zero-order chi connectivity index (χ0) is 16.7. The highest BCUT2D eigenvalue weighted by molar-refractivity contribution is 5.96. The Morgan fingerprint density at radius 2 is 2.00 bits per heavy atom. The largest absolute Gasteiger partial charge is 0.340 e.